The summed E-state index contributed by atoms with van der Waals surface area (Å²) in [6.45, 7) is 2.90. The zero-order valence-electron chi connectivity index (χ0n) is 12.9. The van der Waals surface area contributed by atoms with Crippen LogP contribution in [0.5, 0.6) is 5.75 Å². The van der Waals surface area contributed by atoms with Gasteiger partial charge in [0.25, 0.3) is 0 Å². The Hall–Kier alpha value is -1.05. The lowest BCUT2D eigenvalue weighted by molar-refractivity contribution is -0.0746. The van der Waals surface area contributed by atoms with Gasteiger partial charge in [0.15, 0.2) is 0 Å². The molecule has 0 aliphatic heterocycles. The molecule has 0 aromatic heterocycles. The highest BCUT2D eigenvalue weighted by molar-refractivity contribution is 5.34. The topological polar surface area (TPSA) is 9.23 Å². The molecule has 4 aliphatic rings. The lowest BCUT2D eigenvalue weighted by Crippen LogP contribution is -2.48. The van der Waals surface area contributed by atoms with E-state index in [0.29, 0.717) is 5.41 Å². The minimum Gasteiger partial charge on any atom is -0.493 e. The second-order valence-corrected chi connectivity index (χ2v) is 7.81. The van der Waals surface area contributed by atoms with Gasteiger partial charge in [0, 0.05) is 11.5 Å². The van der Waals surface area contributed by atoms with Gasteiger partial charge in [-0.3, -0.25) is 0 Å². The van der Waals surface area contributed by atoms with E-state index in [2.05, 4.69) is 6.92 Å². The molecular weight excluding hydrogens is 263 g/mol. The summed E-state index contributed by atoms with van der Waals surface area (Å²) < 4.78 is 19.6. The van der Waals surface area contributed by atoms with Crippen LogP contribution < -0.4 is 4.74 Å². The normalized spacial score (nSPS) is 37.0. The van der Waals surface area contributed by atoms with Crippen molar-refractivity contribution in [2.24, 2.45) is 23.2 Å². The summed E-state index contributed by atoms with van der Waals surface area (Å²) >= 11 is 0. The van der Waals surface area contributed by atoms with E-state index in [1.54, 1.807) is 6.07 Å². The number of hydrogen-bond donors (Lipinski definition) is 0. The predicted octanol–water partition coefficient (Wildman–Crippen LogP) is 4.98. The second kappa shape index (κ2) is 5.00. The molecule has 21 heavy (non-hydrogen) atoms. The van der Waals surface area contributed by atoms with E-state index in [9.17, 15) is 4.39 Å². The smallest absolute Gasteiger partial charge is 0.126 e. The Balaban J connectivity index is 1.51. The van der Waals surface area contributed by atoms with Gasteiger partial charge < -0.3 is 4.74 Å². The fraction of sp³-hybridized carbons (Fsp3) is 0.684. The molecule has 0 N–H and O–H groups in total. The molecular formula is C19H25FO. The van der Waals surface area contributed by atoms with Crippen LogP contribution in [0, 0.1) is 29.0 Å². The van der Waals surface area contributed by atoms with E-state index in [-0.39, 0.29) is 5.82 Å². The van der Waals surface area contributed by atoms with E-state index in [0.717, 1.165) is 42.1 Å². The zero-order chi connectivity index (χ0) is 14.4. The van der Waals surface area contributed by atoms with Gasteiger partial charge in [-0.2, -0.15) is 0 Å². The highest BCUT2D eigenvalue weighted by Crippen LogP contribution is 2.60. The van der Waals surface area contributed by atoms with E-state index in [1.807, 2.05) is 6.07 Å². The maximum atomic E-state index is 13.5. The van der Waals surface area contributed by atoms with E-state index in [1.165, 1.54) is 44.6 Å². The van der Waals surface area contributed by atoms with Crippen molar-refractivity contribution >= 4 is 0 Å². The summed E-state index contributed by atoms with van der Waals surface area (Å²) in [5, 5.41) is 0. The molecule has 0 saturated heterocycles. The highest BCUT2D eigenvalue weighted by atomic mass is 19.1. The Morgan fingerprint density at radius 2 is 1.71 bits per heavy atom. The average Bonchev–Trinajstić information content (AvgIpc) is 2.44. The fourth-order valence-corrected chi connectivity index (χ4v) is 5.65. The summed E-state index contributed by atoms with van der Waals surface area (Å²) in [5.74, 6) is 3.41. The van der Waals surface area contributed by atoms with Gasteiger partial charge in [0.1, 0.15) is 11.6 Å². The number of benzene rings is 1. The third-order valence-corrected chi connectivity index (χ3v) is 6.11. The first-order valence-corrected chi connectivity index (χ1v) is 8.57. The van der Waals surface area contributed by atoms with Crippen LogP contribution in [-0.2, 0) is 6.42 Å². The number of halogens is 1. The summed E-state index contributed by atoms with van der Waals surface area (Å²) in [5.41, 5.74) is 1.52. The van der Waals surface area contributed by atoms with Gasteiger partial charge in [0.05, 0.1) is 6.61 Å². The van der Waals surface area contributed by atoms with Crippen molar-refractivity contribution in [3.05, 3.63) is 29.6 Å². The average molecular weight is 288 g/mol. The van der Waals surface area contributed by atoms with Crippen LogP contribution >= 0.6 is 0 Å². The van der Waals surface area contributed by atoms with E-state index < -0.39 is 0 Å². The Morgan fingerprint density at radius 1 is 1.10 bits per heavy atom. The molecule has 0 heterocycles. The Labute approximate surface area is 126 Å². The van der Waals surface area contributed by atoms with Crippen molar-refractivity contribution in [1.29, 1.82) is 0 Å². The third kappa shape index (κ3) is 2.47. The maximum absolute atomic E-state index is 13.5. The number of rotatable bonds is 4. The fourth-order valence-electron chi connectivity index (χ4n) is 5.65. The molecule has 0 amide bonds. The van der Waals surface area contributed by atoms with Gasteiger partial charge in [-0.1, -0.05) is 13.0 Å². The van der Waals surface area contributed by atoms with Gasteiger partial charge in [0.2, 0.25) is 0 Å². The highest BCUT2D eigenvalue weighted by Gasteiger charge is 2.51. The SMILES string of the molecule is CCc1ccc(F)cc1OCC12CC3CC(CC(C3)C1)C2. The quantitative estimate of drug-likeness (QED) is 0.759. The Bertz CT molecular complexity index is 501. The van der Waals surface area contributed by atoms with Crippen LogP contribution in [0.4, 0.5) is 4.39 Å². The van der Waals surface area contributed by atoms with Crippen LogP contribution in [0.25, 0.3) is 0 Å². The van der Waals surface area contributed by atoms with Crippen molar-refractivity contribution in [2.45, 2.75) is 51.9 Å². The van der Waals surface area contributed by atoms with Crippen LogP contribution in [0.15, 0.2) is 18.2 Å². The molecule has 114 valence electrons. The second-order valence-electron chi connectivity index (χ2n) is 7.81. The molecule has 4 aliphatic carbocycles. The third-order valence-electron chi connectivity index (χ3n) is 6.11. The predicted molar refractivity (Wildman–Crippen MR) is 81.9 cm³/mol. The first-order valence-electron chi connectivity index (χ1n) is 8.57. The minimum atomic E-state index is -0.187. The molecule has 1 nitrogen and oxygen atoms in total. The number of aryl methyl sites for hydroxylation is 1. The first kappa shape index (κ1) is 13.6. The van der Waals surface area contributed by atoms with Crippen LogP contribution in [0.2, 0.25) is 0 Å². The molecule has 0 radical (unpaired) electrons. The van der Waals surface area contributed by atoms with Gasteiger partial charge >= 0.3 is 0 Å². The molecule has 4 bridgehead atoms. The minimum absolute atomic E-state index is 0.187. The molecule has 1 aromatic rings. The molecule has 0 unspecified atom stereocenters. The molecule has 0 spiro atoms. The van der Waals surface area contributed by atoms with Crippen LogP contribution in [0.3, 0.4) is 0 Å². The van der Waals surface area contributed by atoms with Crippen molar-refractivity contribution in [3.63, 3.8) is 0 Å². The zero-order valence-corrected chi connectivity index (χ0v) is 12.9. The molecule has 1 aromatic carbocycles. The molecule has 4 fully saturated rings. The molecule has 5 rings (SSSR count). The van der Waals surface area contributed by atoms with Crippen molar-refractivity contribution < 1.29 is 9.13 Å². The standard InChI is InChI=1S/C19H25FO/c1-2-16-3-4-17(20)8-18(16)21-12-19-9-13-5-14(10-19)7-15(6-13)11-19/h3-4,8,13-15H,2,5-7,9-12H2,1H3. The van der Waals surface area contributed by atoms with E-state index in [4.69, 9.17) is 4.74 Å². The Morgan fingerprint density at radius 3 is 2.29 bits per heavy atom. The van der Waals surface area contributed by atoms with Gasteiger partial charge in [-0.25, -0.2) is 4.39 Å². The van der Waals surface area contributed by atoms with Gasteiger partial charge in [-0.05, 0) is 74.3 Å². The summed E-state index contributed by atoms with van der Waals surface area (Å²) in [7, 11) is 0. The van der Waals surface area contributed by atoms with Crippen molar-refractivity contribution in [1.82, 2.24) is 0 Å². The van der Waals surface area contributed by atoms with Crippen molar-refractivity contribution in [3.8, 4) is 5.75 Å². The molecule has 4 saturated carbocycles. The van der Waals surface area contributed by atoms with Crippen LogP contribution in [-0.4, -0.2) is 6.61 Å². The van der Waals surface area contributed by atoms with Crippen LogP contribution in [0.1, 0.15) is 51.0 Å². The summed E-state index contributed by atoms with van der Waals surface area (Å²) in [4.78, 5) is 0. The number of ether oxygens (including phenoxy) is 1. The largest absolute Gasteiger partial charge is 0.493 e. The molecule has 0 atom stereocenters. The Kier molecular flexibility index (Phi) is 3.24. The van der Waals surface area contributed by atoms with E-state index >= 15 is 0 Å². The summed E-state index contributed by atoms with van der Waals surface area (Å²) in [6, 6.07) is 4.97. The molecule has 2 heteroatoms. The monoisotopic (exact) mass is 288 g/mol. The summed E-state index contributed by atoms with van der Waals surface area (Å²) in [6.07, 6.45) is 9.30. The first-order chi connectivity index (χ1) is 10.2. The lowest BCUT2D eigenvalue weighted by atomic mass is 9.50. The maximum Gasteiger partial charge on any atom is 0.126 e. The lowest BCUT2D eigenvalue weighted by Gasteiger charge is -2.56. The van der Waals surface area contributed by atoms with Gasteiger partial charge in [-0.15, -0.1) is 0 Å². The van der Waals surface area contributed by atoms with Crippen molar-refractivity contribution in [2.75, 3.05) is 6.61 Å². The number of hydrogen-bond acceptors (Lipinski definition) is 1.